The third-order valence-corrected chi connectivity index (χ3v) is 5.64. The number of amides is 2. The number of pyridine rings is 2. The molecule has 1 saturated carbocycles. The summed E-state index contributed by atoms with van der Waals surface area (Å²) in [6.45, 7) is 5.51. The molecule has 0 saturated heterocycles. The van der Waals surface area contributed by atoms with Crippen molar-refractivity contribution >= 4 is 28.7 Å². The van der Waals surface area contributed by atoms with Crippen LogP contribution in [0.1, 0.15) is 46.5 Å². The average Bonchev–Trinajstić information content (AvgIpc) is 3.18. The summed E-state index contributed by atoms with van der Waals surface area (Å²) in [7, 11) is 1.86. The van der Waals surface area contributed by atoms with Gasteiger partial charge in [0.2, 0.25) is 5.91 Å². The maximum absolute atomic E-state index is 12.8. The molecule has 0 unspecified atom stereocenters. The molecular formula is C24H30N6O3. The fourth-order valence-corrected chi connectivity index (χ4v) is 4.00. The second kappa shape index (κ2) is 9.17. The number of fused-ring (bicyclic) bond motifs is 1. The van der Waals surface area contributed by atoms with Crippen molar-refractivity contribution in [1.82, 2.24) is 25.1 Å². The van der Waals surface area contributed by atoms with E-state index in [0.29, 0.717) is 18.7 Å². The van der Waals surface area contributed by atoms with E-state index < -0.39 is 11.7 Å². The van der Waals surface area contributed by atoms with Gasteiger partial charge in [0.25, 0.3) is 0 Å². The molecular weight excluding hydrogens is 420 g/mol. The third kappa shape index (κ3) is 5.85. The highest BCUT2D eigenvalue weighted by molar-refractivity contribution is 5.93. The van der Waals surface area contributed by atoms with Crippen molar-refractivity contribution in [1.29, 1.82) is 0 Å². The lowest BCUT2D eigenvalue weighted by molar-refractivity contribution is -0.120. The Bertz CT molecular complexity index is 1160. The predicted molar refractivity (Wildman–Crippen MR) is 125 cm³/mol. The molecule has 0 atom stereocenters. The molecule has 4 rings (SSSR count). The van der Waals surface area contributed by atoms with E-state index in [1.807, 2.05) is 46.1 Å². The molecule has 1 aliphatic rings. The van der Waals surface area contributed by atoms with Crippen LogP contribution < -0.4 is 10.6 Å². The first-order valence-corrected chi connectivity index (χ1v) is 11.2. The van der Waals surface area contributed by atoms with Gasteiger partial charge < -0.3 is 15.4 Å². The number of aryl methyl sites for hydroxylation is 1. The number of carbonyl (C=O) groups is 2. The van der Waals surface area contributed by atoms with Crippen molar-refractivity contribution in [3.8, 4) is 11.3 Å². The van der Waals surface area contributed by atoms with Gasteiger partial charge in [0.15, 0.2) is 0 Å². The Morgan fingerprint density at radius 3 is 2.55 bits per heavy atom. The van der Waals surface area contributed by atoms with Gasteiger partial charge in [-0.15, -0.1) is 0 Å². The summed E-state index contributed by atoms with van der Waals surface area (Å²) in [6.07, 6.45) is 7.85. The van der Waals surface area contributed by atoms with Crippen molar-refractivity contribution in [2.75, 3.05) is 5.32 Å². The van der Waals surface area contributed by atoms with E-state index in [4.69, 9.17) is 9.72 Å². The predicted octanol–water partition coefficient (Wildman–Crippen LogP) is 4.05. The topological polar surface area (TPSA) is 111 Å². The minimum Gasteiger partial charge on any atom is -0.444 e. The summed E-state index contributed by atoms with van der Waals surface area (Å²) in [5.41, 5.74) is 1.97. The van der Waals surface area contributed by atoms with Crippen LogP contribution in [0.4, 0.5) is 10.6 Å². The summed E-state index contributed by atoms with van der Waals surface area (Å²) >= 11 is 0. The molecule has 3 aromatic rings. The van der Waals surface area contributed by atoms with Gasteiger partial charge in [0.05, 0.1) is 17.4 Å². The zero-order valence-corrected chi connectivity index (χ0v) is 19.5. The maximum Gasteiger partial charge on any atom is 0.407 e. The normalized spacial score (nSPS) is 18.7. The van der Waals surface area contributed by atoms with Gasteiger partial charge in [-0.3, -0.25) is 9.48 Å². The fraction of sp³-hybridized carbons (Fsp3) is 0.458. The Labute approximate surface area is 192 Å². The van der Waals surface area contributed by atoms with Gasteiger partial charge in [-0.1, -0.05) is 0 Å². The number of ether oxygens (including phenoxy) is 1. The molecule has 3 heterocycles. The van der Waals surface area contributed by atoms with E-state index in [9.17, 15) is 9.59 Å². The SMILES string of the molecule is Cn1cc(-c2ccc3cnc(NC(=O)[C@H]4CC[C@H](NC(=O)OC(C)(C)C)CC4)cc3n2)cn1. The molecule has 174 valence electrons. The van der Waals surface area contributed by atoms with E-state index in [0.717, 1.165) is 35.0 Å². The number of nitrogens with one attached hydrogen (secondary N) is 2. The summed E-state index contributed by atoms with van der Waals surface area (Å²) in [6, 6.07) is 5.71. The zero-order valence-electron chi connectivity index (χ0n) is 19.5. The average molecular weight is 451 g/mol. The molecule has 33 heavy (non-hydrogen) atoms. The van der Waals surface area contributed by atoms with Crippen LogP contribution >= 0.6 is 0 Å². The molecule has 1 fully saturated rings. The number of carbonyl (C=O) groups excluding carboxylic acids is 2. The van der Waals surface area contributed by atoms with E-state index in [-0.39, 0.29) is 17.9 Å². The van der Waals surface area contributed by atoms with E-state index in [1.165, 1.54) is 0 Å². The van der Waals surface area contributed by atoms with Gasteiger partial charge >= 0.3 is 6.09 Å². The molecule has 9 heteroatoms. The molecule has 0 aromatic carbocycles. The molecule has 9 nitrogen and oxygen atoms in total. The van der Waals surface area contributed by atoms with Crippen LogP contribution in [0.3, 0.4) is 0 Å². The Kier molecular flexibility index (Phi) is 6.31. The van der Waals surface area contributed by atoms with Crippen LogP contribution in [-0.2, 0) is 16.6 Å². The zero-order chi connectivity index (χ0) is 23.6. The molecule has 2 amide bonds. The van der Waals surface area contributed by atoms with Crippen LogP contribution in [0.5, 0.6) is 0 Å². The lowest BCUT2D eigenvalue weighted by Gasteiger charge is -2.29. The first-order chi connectivity index (χ1) is 15.7. The van der Waals surface area contributed by atoms with Crippen molar-refractivity contribution in [2.45, 2.75) is 58.1 Å². The summed E-state index contributed by atoms with van der Waals surface area (Å²) in [5.74, 6) is 0.312. The number of alkyl carbamates (subject to hydrolysis) is 1. The number of nitrogens with zero attached hydrogens (tertiary/aromatic N) is 4. The van der Waals surface area contributed by atoms with Crippen LogP contribution in [0.25, 0.3) is 22.2 Å². The minimum atomic E-state index is -0.526. The molecule has 3 aromatic heterocycles. The first kappa shape index (κ1) is 22.7. The third-order valence-electron chi connectivity index (χ3n) is 5.64. The van der Waals surface area contributed by atoms with Gasteiger partial charge in [-0.05, 0) is 58.6 Å². The lowest BCUT2D eigenvalue weighted by atomic mass is 9.85. The van der Waals surface area contributed by atoms with Crippen molar-refractivity contribution in [2.24, 2.45) is 13.0 Å². The van der Waals surface area contributed by atoms with Crippen LogP contribution in [0, 0.1) is 5.92 Å². The molecule has 2 N–H and O–H groups in total. The molecule has 0 bridgehead atoms. The second-order valence-electron chi connectivity index (χ2n) is 9.55. The Balaban J connectivity index is 1.35. The van der Waals surface area contributed by atoms with Gasteiger partial charge in [-0.2, -0.15) is 5.10 Å². The van der Waals surface area contributed by atoms with E-state index in [2.05, 4.69) is 20.7 Å². The second-order valence-corrected chi connectivity index (χ2v) is 9.55. The van der Waals surface area contributed by atoms with Crippen molar-refractivity contribution in [3.63, 3.8) is 0 Å². The van der Waals surface area contributed by atoms with Crippen LogP contribution in [0.15, 0.2) is 36.8 Å². The van der Waals surface area contributed by atoms with Crippen LogP contribution in [-0.4, -0.2) is 43.4 Å². The van der Waals surface area contributed by atoms with Crippen molar-refractivity contribution in [3.05, 3.63) is 36.8 Å². The summed E-state index contributed by atoms with van der Waals surface area (Å²) in [5, 5.41) is 10.9. The summed E-state index contributed by atoms with van der Waals surface area (Å²) in [4.78, 5) is 33.9. The minimum absolute atomic E-state index is 0.0257. The number of hydrogen-bond acceptors (Lipinski definition) is 6. The van der Waals surface area contributed by atoms with Gasteiger partial charge in [0, 0.05) is 48.4 Å². The standard InChI is InChI=1S/C24H30N6O3/c1-24(2,3)33-23(32)27-18-8-5-15(6-9-18)22(31)29-21-11-20-16(12-25-21)7-10-19(28-20)17-13-26-30(4)14-17/h7,10-15,18H,5-6,8-9H2,1-4H3,(H,27,32)(H,25,29,31)/t15-,18-. The smallest absolute Gasteiger partial charge is 0.407 e. The van der Waals surface area contributed by atoms with Gasteiger partial charge in [-0.25, -0.2) is 14.8 Å². The number of rotatable bonds is 4. The van der Waals surface area contributed by atoms with Crippen LogP contribution in [0.2, 0.25) is 0 Å². The van der Waals surface area contributed by atoms with Crippen molar-refractivity contribution < 1.29 is 14.3 Å². The Morgan fingerprint density at radius 2 is 1.88 bits per heavy atom. The highest BCUT2D eigenvalue weighted by Gasteiger charge is 2.28. The summed E-state index contributed by atoms with van der Waals surface area (Å²) < 4.78 is 7.05. The molecule has 0 radical (unpaired) electrons. The number of aromatic nitrogens is 4. The fourth-order valence-electron chi connectivity index (χ4n) is 4.00. The lowest BCUT2D eigenvalue weighted by Crippen LogP contribution is -2.42. The quantitative estimate of drug-likeness (QED) is 0.620. The number of hydrogen-bond donors (Lipinski definition) is 2. The molecule has 0 spiro atoms. The molecule has 1 aliphatic carbocycles. The first-order valence-electron chi connectivity index (χ1n) is 11.2. The highest BCUT2D eigenvalue weighted by atomic mass is 16.6. The maximum atomic E-state index is 12.8. The Hall–Kier alpha value is -3.49. The van der Waals surface area contributed by atoms with E-state index >= 15 is 0 Å². The van der Waals surface area contributed by atoms with Gasteiger partial charge in [0.1, 0.15) is 11.4 Å². The Morgan fingerprint density at radius 1 is 1.12 bits per heavy atom. The number of anilines is 1. The molecule has 0 aliphatic heterocycles. The monoisotopic (exact) mass is 450 g/mol. The highest BCUT2D eigenvalue weighted by Crippen LogP contribution is 2.27. The van der Waals surface area contributed by atoms with E-state index in [1.54, 1.807) is 23.1 Å². The largest absolute Gasteiger partial charge is 0.444 e.